The van der Waals surface area contributed by atoms with E-state index < -0.39 is 0 Å². The number of aromatic nitrogens is 2. The Hall–Kier alpha value is -1.84. The van der Waals surface area contributed by atoms with Crippen LogP contribution in [-0.2, 0) is 13.6 Å². The lowest BCUT2D eigenvalue weighted by Crippen LogP contribution is -1.96. The fourth-order valence-corrected chi connectivity index (χ4v) is 2.53. The van der Waals surface area contributed by atoms with Crippen LogP contribution in [0.2, 0.25) is 5.02 Å². The zero-order chi connectivity index (χ0) is 14.3. The molecule has 0 saturated carbocycles. The third kappa shape index (κ3) is 2.09. The lowest BCUT2D eigenvalue weighted by atomic mass is 10.1. The largest absolute Gasteiger partial charge is 0.327 e. The summed E-state index contributed by atoms with van der Waals surface area (Å²) < 4.78 is 2.10. The molecule has 0 aliphatic rings. The maximum absolute atomic E-state index is 6.09. The molecule has 3 nitrogen and oxygen atoms in total. The van der Waals surface area contributed by atoms with Crippen molar-refractivity contribution in [1.82, 2.24) is 9.55 Å². The third-order valence-electron chi connectivity index (χ3n) is 3.60. The minimum Gasteiger partial charge on any atom is -0.327 e. The topological polar surface area (TPSA) is 43.8 Å². The van der Waals surface area contributed by atoms with Gasteiger partial charge in [-0.3, -0.25) is 0 Å². The van der Waals surface area contributed by atoms with Gasteiger partial charge in [0, 0.05) is 24.2 Å². The number of benzene rings is 2. The highest BCUT2D eigenvalue weighted by Crippen LogP contribution is 2.27. The van der Waals surface area contributed by atoms with Gasteiger partial charge >= 0.3 is 0 Å². The summed E-state index contributed by atoms with van der Waals surface area (Å²) in [5, 5.41) is 0.776. The van der Waals surface area contributed by atoms with Crippen molar-refractivity contribution >= 4 is 22.6 Å². The van der Waals surface area contributed by atoms with Gasteiger partial charge < -0.3 is 10.3 Å². The number of hydrogen-bond acceptors (Lipinski definition) is 2. The number of hydrogen-bond donors (Lipinski definition) is 1. The number of rotatable bonds is 2. The van der Waals surface area contributed by atoms with Crippen LogP contribution >= 0.6 is 11.6 Å². The first-order valence-electron chi connectivity index (χ1n) is 6.52. The second-order valence-corrected chi connectivity index (χ2v) is 5.39. The van der Waals surface area contributed by atoms with Crippen molar-refractivity contribution in [3.63, 3.8) is 0 Å². The molecule has 102 valence electrons. The number of halogens is 1. The number of aryl methyl sites for hydroxylation is 2. The van der Waals surface area contributed by atoms with Gasteiger partial charge in [0.2, 0.25) is 0 Å². The second-order valence-electron chi connectivity index (χ2n) is 4.99. The van der Waals surface area contributed by atoms with Crippen LogP contribution < -0.4 is 5.73 Å². The van der Waals surface area contributed by atoms with Crippen molar-refractivity contribution in [3.8, 4) is 11.4 Å². The molecule has 2 aromatic carbocycles. The van der Waals surface area contributed by atoms with E-state index >= 15 is 0 Å². The molecule has 1 aromatic heterocycles. The maximum Gasteiger partial charge on any atom is 0.140 e. The van der Waals surface area contributed by atoms with E-state index in [-0.39, 0.29) is 0 Å². The molecular weight excluding hydrogens is 270 g/mol. The van der Waals surface area contributed by atoms with E-state index in [4.69, 9.17) is 22.3 Å². The van der Waals surface area contributed by atoms with Crippen LogP contribution in [0.25, 0.3) is 22.4 Å². The van der Waals surface area contributed by atoms with Gasteiger partial charge in [0.05, 0.1) is 11.0 Å². The van der Waals surface area contributed by atoms with Gasteiger partial charge in [-0.15, -0.1) is 0 Å². The Morgan fingerprint density at radius 1 is 1.20 bits per heavy atom. The van der Waals surface area contributed by atoms with Crippen LogP contribution in [0.1, 0.15) is 11.1 Å². The molecule has 1 heterocycles. The summed E-state index contributed by atoms with van der Waals surface area (Å²) in [6, 6.07) is 12.1. The van der Waals surface area contributed by atoms with Gasteiger partial charge in [-0.2, -0.15) is 0 Å². The molecule has 0 atom stereocenters. The Kier molecular flexibility index (Phi) is 3.24. The Balaban J connectivity index is 2.20. The number of nitrogens with two attached hydrogens (primary N) is 1. The van der Waals surface area contributed by atoms with Gasteiger partial charge in [0.15, 0.2) is 0 Å². The van der Waals surface area contributed by atoms with Crippen LogP contribution in [0.4, 0.5) is 0 Å². The summed E-state index contributed by atoms with van der Waals surface area (Å²) in [5.41, 5.74) is 11.0. The average Bonchev–Trinajstić information content (AvgIpc) is 2.78. The van der Waals surface area contributed by atoms with Crippen LogP contribution in [0.5, 0.6) is 0 Å². The average molecular weight is 286 g/mol. The van der Waals surface area contributed by atoms with Crippen molar-refractivity contribution in [2.45, 2.75) is 13.5 Å². The van der Waals surface area contributed by atoms with Crippen molar-refractivity contribution in [2.75, 3.05) is 0 Å². The van der Waals surface area contributed by atoms with Crippen LogP contribution in [0.3, 0.4) is 0 Å². The Morgan fingerprint density at radius 2 is 2.00 bits per heavy atom. The van der Waals surface area contributed by atoms with Gasteiger partial charge in [0.25, 0.3) is 0 Å². The number of fused-ring (bicyclic) bond motifs is 1. The normalized spacial score (nSPS) is 11.2. The van der Waals surface area contributed by atoms with Gasteiger partial charge in [0.1, 0.15) is 5.82 Å². The summed E-state index contributed by atoms with van der Waals surface area (Å²) in [4.78, 5) is 4.73. The summed E-state index contributed by atoms with van der Waals surface area (Å²) in [7, 11) is 2.02. The van der Waals surface area contributed by atoms with Crippen molar-refractivity contribution in [1.29, 1.82) is 0 Å². The summed E-state index contributed by atoms with van der Waals surface area (Å²) in [6.45, 7) is 2.53. The van der Waals surface area contributed by atoms with Crippen LogP contribution in [0, 0.1) is 6.92 Å². The minimum absolute atomic E-state index is 0.530. The van der Waals surface area contributed by atoms with E-state index in [2.05, 4.69) is 16.7 Å². The zero-order valence-corrected chi connectivity index (χ0v) is 12.3. The summed E-state index contributed by atoms with van der Waals surface area (Å²) in [6.07, 6.45) is 0. The highest BCUT2D eigenvalue weighted by Gasteiger charge is 2.11. The van der Waals surface area contributed by atoms with Crippen molar-refractivity contribution in [2.24, 2.45) is 12.8 Å². The molecule has 2 N–H and O–H groups in total. The predicted molar refractivity (Wildman–Crippen MR) is 83.8 cm³/mol. The second kappa shape index (κ2) is 4.93. The van der Waals surface area contributed by atoms with Crippen LogP contribution in [-0.4, -0.2) is 9.55 Å². The lowest BCUT2D eigenvalue weighted by molar-refractivity contribution is 0.958. The lowest BCUT2D eigenvalue weighted by Gasteiger charge is -2.05. The molecule has 0 spiro atoms. The Labute approximate surface area is 123 Å². The van der Waals surface area contributed by atoms with E-state index in [9.17, 15) is 0 Å². The van der Waals surface area contributed by atoms with E-state index in [1.54, 1.807) is 0 Å². The molecule has 20 heavy (non-hydrogen) atoms. The zero-order valence-electron chi connectivity index (χ0n) is 11.5. The van der Waals surface area contributed by atoms with E-state index in [1.165, 1.54) is 0 Å². The Morgan fingerprint density at radius 3 is 2.70 bits per heavy atom. The van der Waals surface area contributed by atoms with Gasteiger partial charge in [-0.1, -0.05) is 17.7 Å². The molecule has 0 aliphatic carbocycles. The van der Waals surface area contributed by atoms with Crippen molar-refractivity contribution in [3.05, 3.63) is 52.5 Å². The number of imidazole rings is 1. The van der Waals surface area contributed by atoms with E-state index in [1.807, 2.05) is 38.2 Å². The standard InChI is InChI=1S/C16H16ClN3/c1-10-7-12(4-5-13(10)17)16-19-14-8-11(9-18)3-6-15(14)20(16)2/h3-8H,9,18H2,1-2H3. The molecule has 4 heteroatoms. The molecule has 0 aliphatic heterocycles. The molecule has 3 rings (SSSR count). The smallest absolute Gasteiger partial charge is 0.140 e. The maximum atomic E-state index is 6.09. The highest BCUT2D eigenvalue weighted by atomic mass is 35.5. The fourth-order valence-electron chi connectivity index (χ4n) is 2.41. The van der Waals surface area contributed by atoms with E-state index in [0.29, 0.717) is 6.54 Å². The summed E-state index contributed by atoms with van der Waals surface area (Å²) >= 11 is 6.09. The quantitative estimate of drug-likeness (QED) is 0.781. The monoisotopic (exact) mass is 285 g/mol. The first-order valence-corrected chi connectivity index (χ1v) is 6.90. The molecule has 0 fully saturated rings. The first-order chi connectivity index (χ1) is 9.60. The fraction of sp³-hybridized carbons (Fsp3) is 0.188. The molecular formula is C16H16ClN3. The van der Waals surface area contributed by atoms with Crippen molar-refractivity contribution < 1.29 is 0 Å². The summed E-state index contributed by atoms with van der Waals surface area (Å²) in [5.74, 6) is 0.939. The molecule has 3 aromatic rings. The van der Waals surface area contributed by atoms with Gasteiger partial charge in [-0.05, 0) is 48.4 Å². The minimum atomic E-state index is 0.530. The molecule has 0 radical (unpaired) electrons. The van der Waals surface area contributed by atoms with Crippen LogP contribution in [0.15, 0.2) is 36.4 Å². The molecule has 0 amide bonds. The molecule has 0 bridgehead atoms. The Bertz CT molecular complexity index is 790. The SMILES string of the molecule is Cc1cc(-c2nc3cc(CN)ccc3n2C)ccc1Cl. The number of nitrogens with zero attached hydrogens (tertiary/aromatic N) is 2. The first kappa shape index (κ1) is 13.2. The predicted octanol–water partition coefficient (Wildman–Crippen LogP) is 3.66. The van der Waals surface area contributed by atoms with Gasteiger partial charge in [-0.25, -0.2) is 4.98 Å². The third-order valence-corrected chi connectivity index (χ3v) is 4.02. The molecule has 0 saturated heterocycles. The molecule has 0 unspecified atom stereocenters. The van der Waals surface area contributed by atoms with E-state index in [0.717, 1.165) is 38.6 Å². The highest BCUT2D eigenvalue weighted by molar-refractivity contribution is 6.31.